The van der Waals surface area contributed by atoms with Crippen LogP contribution >= 0.6 is 11.6 Å². The summed E-state index contributed by atoms with van der Waals surface area (Å²) in [6.07, 6.45) is -0.590. The van der Waals surface area contributed by atoms with Gasteiger partial charge in [0.05, 0.1) is 11.1 Å². The number of nitrogens with zero attached hydrogens (tertiary/aromatic N) is 2. The summed E-state index contributed by atoms with van der Waals surface area (Å²) >= 11 is 5.85. The lowest BCUT2D eigenvalue weighted by Gasteiger charge is -2.37. The van der Waals surface area contributed by atoms with Crippen LogP contribution in [0, 0.1) is 0 Å². The Morgan fingerprint density at radius 2 is 1.33 bits per heavy atom. The van der Waals surface area contributed by atoms with Crippen molar-refractivity contribution in [1.29, 1.82) is 0 Å². The largest absolute Gasteiger partial charge is 0.311 e. The molecule has 1 saturated heterocycles. The van der Waals surface area contributed by atoms with Gasteiger partial charge in [0, 0.05) is 5.02 Å². The minimum atomic E-state index is -0.590. The van der Waals surface area contributed by atoms with Gasteiger partial charge in [-0.2, -0.15) is 10.1 Å². The number of hydroxylamine groups is 4. The van der Waals surface area contributed by atoms with Crippen molar-refractivity contribution in [2.24, 2.45) is 0 Å². The van der Waals surface area contributed by atoms with Gasteiger partial charge >= 0.3 is 0 Å². The van der Waals surface area contributed by atoms with Gasteiger partial charge in [-0.15, -0.1) is 0 Å². The van der Waals surface area contributed by atoms with Crippen molar-refractivity contribution in [2.45, 2.75) is 44.9 Å². The first-order valence-electron chi connectivity index (χ1n) is 5.91. The van der Waals surface area contributed by atoms with E-state index in [0.717, 1.165) is 5.56 Å². The monoisotopic (exact) mass is 270 g/mol. The zero-order valence-corrected chi connectivity index (χ0v) is 11.8. The van der Waals surface area contributed by atoms with Crippen LogP contribution in [-0.2, 0) is 0 Å². The molecule has 1 aromatic carbocycles. The molecule has 1 heterocycles. The summed E-state index contributed by atoms with van der Waals surface area (Å²) in [6.45, 7) is 7.58. The molecule has 5 heteroatoms. The predicted molar refractivity (Wildman–Crippen MR) is 69.6 cm³/mol. The molecule has 18 heavy (non-hydrogen) atoms. The molecule has 2 rings (SSSR count). The average molecular weight is 271 g/mol. The van der Waals surface area contributed by atoms with Crippen LogP contribution in [0.15, 0.2) is 24.3 Å². The van der Waals surface area contributed by atoms with Gasteiger partial charge in [-0.3, -0.25) is 0 Å². The van der Waals surface area contributed by atoms with Gasteiger partial charge < -0.3 is 10.4 Å². The van der Waals surface area contributed by atoms with E-state index in [-0.39, 0.29) is 0 Å². The molecule has 1 fully saturated rings. The summed E-state index contributed by atoms with van der Waals surface area (Å²) in [5, 5.41) is 23.7. The topological polar surface area (TPSA) is 46.9 Å². The van der Waals surface area contributed by atoms with E-state index >= 15 is 0 Å². The van der Waals surface area contributed by atoms with Crippen molar-refractivity contribution in [3.63, 3.8) is 0 Å². The van der Waals surface area contributed by atoms with Crippen LogP contribution in [0.25, 0.3) is 0 Å². The Morgan fingerprint density at radius 1 is 0.944 bits per heavy atom. The fraction of sp³-hybridized carbons (Fsp3) is 0.538. The van der Waals surface area contributed by atoms with Crippen LogP contribution in [0.4, 0.5) is 0 Å². The van der Waals surface area contributed by atoms with E-state index in [0.29, 0.717) is 5.02 Å². The van der Waals surface area contributed by atoms with E-state index in [1.165, 1.54) is 10.1 Å². The highest BCUT2D eigenvalue weighted by Gasteiger charge is 2.58. The van der Waals surface area contributed by atoms with E-state index in [1.807, 2.05) is 27.7 Å². The average Bonchev–Trinajstić information content (AvgIpc) is 2.41. The highest BCUT2D eigenvalue weighted by atomic mass is 35.5. The van der Waals surface area contributed by atoms with Crippen molar-refractivity contribution in [3.8, 4) is 0 Å². The Labute approximate surface area is 112 Å². The molecule has 1 aromatic rings. The summed E-state index contributed by atoms with van der Waals surface area (Å²) < 4.78 is 0. The van der Waals surface area contributed by atoms with E-state index in [4.69, 9.17) is 11.6 Å². The first kappa shape index (κ1) is 13.8. The van der Waals surface area contributed by atoms with E-state index < -0.39 is 17.2 Å². The van der Waals surface area contributed by atoms with E-state index in [9.17, 15) is 10.4 Å². The SMILES string of the molecule is CC1(C)N(O)C(c2ccc(Cl)cc2)N(O)C1(C)C. The van der Waals surface area contributed by atoms with Crippen molar-refractivity contribution >= 4 is 11.6 Å². The second-order valence-electron chi connectivity index (χ2n) is 5.73. The van der Waals surface area contributed by atoms with Crippen LogP contribution in [0.3, 0.4) is 0 Å². The third kappa shape index (κ3) is 1.76. The van der Waals surface area contributed by atoms with Gasteiger partial charge in [-0.1, -0.05) is 23.7 Å². The molecular weight excluding hydrogens is 252 g/mol. The van der Waals surface area contributed by atoms with E-state index in [2.05, 4.69) is 0 Å². The zero-order valence-electron chi connectivity index (χ0n) is 11.1. The number of hydrogen-bond donors (Lipinski definition) is 2. The first-order valence-corrected chi connectivity index (χ1v) is 6.29. The Hall–Kier alpha value is -0.650. The quantitative estimate of drug-likeness (QED) is 0.822. The molecule has 0 aromatic heterocycles. The molecule has 0 bridgehead atoms. The number of benzene rings is 1. The van der Waals surface area contributed by atoms with Gasteiger partial charge in [-0.05, 0) is 45.4 Å². The van der Waals surface area contributed by atoms with Crippen LogP contribution in [0.2, 0.25) is 5.02 Å². The highest BCUT2D eigenvalue weighted by Crippen LogP contribution is 2.47. The normalized spacial score (nSPS) is 24.6. The smallest absolute Gasteiger partial charge is 0.136 e. The van der Waals surface area contributed by atoms with Gasteiger partial charge in [-0.25, -0.2) is 0 Å². The molecule has 0 amide bonds. The molecule has 0 saturated carbocycles. The molecule has 1 aliphatic heterocycles. The van der Waals surface area contributed by atoms with Crippen molar-refractivity contribution < 1.29 is 10.4 Å². The van der Waals surface area contributed by atoms with Crippen molar-refractivity contribution in [3.05, 3.63) is 34.9 Å². The van der Waals surface area contributed by atoms with Crippen LogP contribution in [0.1, 0.15) is 39.4 Å². The number of rotatable bonds is 1. The Bertz CT molecular complexity index is 425. The Balaban J connectivity index is 2.44. The lowest BCUT2D eigenvalue weighted by molar-refractivity contribution is -0.223. The molecule has 4 nitrogen and oxygen atoms in total. The van der Waals surface area contributed by atoms with Crippen LogP contribution in [0.5, 0.6) is 0 Å². The summed E-state index contributed by atoms with van der Waals surface area (Å²) in [7, 11) is 0. The predicted octanol–water partition coefficient (Wildman–Crippen LogP) is 3.29. The second kappa shape index (κ2) is 4.18. The Morgan fingerprint density at radius 3 is 1.72 bits per heavy atom. The third-order valence-corrected chi connectivity index (χ3v) is 4.53. The lowest BCUT2D eigenvalue weighted by atomic mass is 9.84. The maximum atomic E-state index is 10.3. The van der Waals surface area contributed by atoms with Gasteiger partial charge in [0.2, 0.25) is 0 Å². The molecule has 0 spiro atoms. The zero-order chi connectivity index (χ0) is 13.7. The van der Waals surface area contributed by atoms with Gasteiger partial charge in [0.1, 0.15) is 6.17 Å². The fourth-order valence-corrected chi connectivity index (χ4v) is 2.32. The lowest BCUT2D eigenvalue weighted by Crippen LogP contribution is -2.52. The van der Waals surface area contributed by atoms with E-state index in [1.54, 1.807) is 24.3 Å². The van der Waals surface area contributed by atoms with Gasteiger partial charge in [0.25, 0.3) is 0 Å². The minimum absolute atomic E-state index is 0.577. The minimum Gasteiger partial charge on any atom is -0.311 e. The molecule has 0 unspecified atom stereocenters. The molecule has 2 N–H and O–H groups in total. The molecule has 0 radical (unpaired) electrons. The summed E-state index contributed by atoms with van der Waals surface area (Å²) in [5.41, 5.74) is -0.360. The summed E-state index contributed by atoms with van der Waals surface area (Å²) in [4.78, 5) is 0. The standard InChI is InChI=1S/C13H19ClN2O2/c1-12(2)13(3,4)16(18)11(15(12)17)9-5-7-10(14)8-6-9/h5-8,11,17-18H,1-4H3. The first-order chi connectivity index (χ1) is 8.19. The fourth-order valence-electron chi connectivity index (χ4n) is 2.19. The maximum absolute atomic E-state index is 10.3. The van der Waals surface area contributed by atoms with Crippen molar-refractivity contribution in [2.75, 3.05) is 0 Å². The third-order valence-electron chi connectivity index (χ3n) is 4.27. The Kier molecular flexibility index (Phi) is 3.20. The number of hydrogen-bond acceptors (Lipinski definition) is 4. The molecule has 0 atom stereocenters. The van der Waals surface area contributed by atoms with Crippen molar-refractivity contribution in [1.82, 2.24) is 10.1 Å². The molecule has 0 aliphatic carbocycles. The van der Waals surface area contributed by atoms with Crippen LogP contribution < -0.4 is 0 Å². The summed E-state index contributed by atoms with van der Waals surface area (Å²) in [5.74, 6) is 0. The second-order valence-corrected chi connectivity index (χ2v) is 6.17. The maximum Gasteiger partial charge on any atom is 0.136 e. The van der Waals surface area contributed by atoms with Gasteiger partial charge in [0.15, 0.2) is 0 Å². The van der Waals surface area contributed by atoms with Crippen LogP contribution in [-0.4, -0.2) is 31.6 Å². The molecular formula is C13H19ClN2O2. The highest BCUT2D eigenvalue weighted by molar-refractivity contribution is 6.30. The molecule has 1 aliphatic rings. The summed E-state index contributed by atoms with van der Waals surface area (Å²) in [6, 6.07) is 7.10. The number of halogens is 1. The molecule has 100 valence electrons.